The van der Waals surface area contributed by atoms with Gasteiger partial charge in [0.1, 0.15) is 11.6 Å². The summed E-state index contributed by atoms with van der Waals surface area (Å²) in [6.07, 6.45) is 3.86. The predicted octanol–water partition coefficient (Wildman–Crippen LogP) is 5.57. The fraction of sp³-hybridized carbons (Fsp3) is 0.346. The first kappa shape index (κ1) is 24.8. The van der Waals surface area contributed by atoms with Crippen molar-refractivity contribution in [1.82, 2.24) is 9.80 Å². The van der Waals surface area contributed by atoms with Gasteiger partial charge in [-0.1, -0.05) is 36.4 Å². The van der Waals surface area contributed by atoms with Crippen molar-refractivity contribution < 1.29 is 13.9 Å². The molecule has 1 aliphatic heterocycles. The maximum absolute atomic E-state index is 13.2. The lowest BCUT2D eigenvalue weighted by atomic mass is 10.1. The smallest absolute Gasteiger partial charge is 0.221 e. The molecule has 1 saturated heterocycles. The van der Waals surface area contributed by atoms with Gasteiger partial charge in [0.15, 0.2) is 0 Å². The van der Waals surface area contributed by atoms with Crippen LogP contribution in [0.25, 0.3) is 6.08 Å². The summed E-state index contributed by atoms with van der Waals surface area (Å²) in [5.41, 5.74) is 3.38. The van der Waals surface area contributed by atoms with Gasteiger partial charge in [-0.3, -0.25) is 9.69 Å². The molecular weight excluding hydrogens is 441 g/mol. The van der Waals surface area contributed by atoms with E-state index in [1.165, 1.54) is 19.1 Å². The molecule has 176 valence electrons. The van der Waals surface area contributed by atoms with E-state index in [0.717, 1.165) is 36.5 Å². The summed E-state index contributed by atoms with van der Waals surface area (Å²) >= 11 is 6.23. The van der Waals surface area contributed by atoms with Gasteiger partial charge < -0.3 is 15.0 Å². The van der Waals surface area contributed by atoms with Crippen LogP contribution in [0.15, 0.2) is 54.8 Å². The minimum absolute atomic E-state index is 0.176. The van der Waals surface area contributed by atoms with E-state index >= 15 is 0 Å². The Kier molecular flexibility index (Phi) is 8.16. The third-order valence-electron chi connectivity index (χ3n) is 5.87. The number of piperazine rings is 1. The number of ether oxygens (including phenoxy) is 1. The minimum atomic E-state index is -0.215. The Labute approximate surface area is 200 Å². The molecule has 7 heteroatoms. The molecule has 1 amide bonds. The first-order valence-corrected chi connectivity index (χ1v) is 11.3. The van der Waals surface area contributed by atoms with Crippen LogP contribution < -0.4 is 10.1 Å². The summed E-state index contributed by atoms with van der Waals surface area (Å²) in [6, 6.07) is 10.7. The van der Waals surface area contributed by atoms with Gasteiger partial charge in [-0.2, -0.15) is 0 Å². The molecule has 0 saturated carbocycles. The van der Waals surface area contributed by atoms with E-state index in [-0.39, 0.29) is 17.8 Å². The highest BCUT2D eigenvalue weighted by atomic mass is 35.5. The molecule has 2 aromatic carbocycles. The van der Waals surface area contributed by atoms with Gasteiger partial charge in [-0.05, 0) is 49.8 Å². The zero-order chi connectivity index (χ0) is 24.1. The Morgan fingerprint density at radius 1 is 1.24 bits per heavy atom. The van der Waals surface area contributed by atoms with Gasteiger partial charge in [-0.25, -0.2) is 4.39 Å². The Morgan fingerprint density at radius 3 is 2.58 bits per heavy atom. The van der Waals surface area contributed by atoms with Crippen LogP contribution >= 0.6 is 11.6 Å². The van der Waals surface area contributed by atoms with Crippen molar-refractivity contribution in [2.45, 2.75) is 39.4 Å². The molecule has 0 spiro atoms. The maximum Gasteiger partial charge on any atom is 0.221 e. The van der Waals surface area contributed by atoms with Gasteiger partial charge in [-0.15, -0.1) is 0 Å². The first-order chi connectivity index (χ1) is 15.7. The van der Waals surface area contributed by atoms with Crippen LogP contribution in [0.1, 0.15) is 31.9 Å². The molecule has 0 bridgehead atoms. The molecule has 0 radical (unpaired) electrons. The van der Waals surface area contributed by atoms with Crippen molar-refractivity contribution in [3.63, 3.8) is 0 Å². The number of anilines is 1. The average Bonchev–Trinajstić information content (AvgIpc) is 2.76. The molecular formula is C26H31ClFN3O2. The number of benzene rings is 2. The predicted molar refractivity (Wildman–Crippen MR) is 133 cm³/mol. The van der Waals surface area contributed by atoms with Crippen LogP contribution in [0.4, 0.5) is 10.1 Å². The zero-order valence-corrected chi connectivity index (χ0v) is 20.3. The second kappa shape index (κ2) is 10.9. The fourth-order valence-corrected chi connectivity index (χ4v) is 4.33. The Balaban J connectivity index is 1.71. The number of nitrogens with zero attached hydrogens (tertiary/aromatic N) is 2. The highest BCUT2D eigenvalue weighted by Gasteiger charge is 2.29. The van der Waals surface area contributed by atoms with Gasteiger partial charge in [0, 0.05) is 55.6 Å². The number of halogens is 2. The molecule has 0 unspecified atom stereocenters. The molecule has 0 aliphatic carbocycles. The number of methoxy groups -OCH3 is 1. The summed E-state index contributed by atoms with van der Waals surface area (Å²) in [5.74, 6) is 0.143. The largest absolute Gasteiger partial charge is 0.495 e. The van der Waals surface area contributed by atoms with Gasteiger partial charge >= 0.3 is 0 Å². The summed E-state index contributed by atoms with van der Waals surface area (Å²) in [5, 5.41) is 3.24. The van der Waals surface area contributed by atoms with Crippen molar-refractivity contribution in [3.05, 3.63) is 76.7 Å². The van der Waals surface area contributed by atoms with E-state index in [1.54, 1.807) is 19.2 Å². The topological polar surface area (TPSA) is 44.8 Å². The first-order valence-electron chi connectivity index (χ1n) is 10.9. The lowest BCUT2D eigenvalue weighted by Crippen LogP contribution is -2.55. The van der Waals surface area contributed by atoms with Gasteiger partial charge in [0.2, 0.25) is 5.91 Å². The average molecular weight is 472 g/mol. The molecule has 1 N–H and O–H groups in total. The standard InChI is InChI=1S/C26H31ClFN3O2/c1-17(6-9-22-12-26(33-5)24(27)13-25(22)29-20(4)32)31-15-18(2)30(14-19(31)3)16-21-7-10-23(28)11-8-21/h6-13,18-19H,1,14-16H2,2-5H3,(H,29,32)/b9-6+/t18-,19+/m0/s1. The summed E-state index contributed by atoms with van der Waals surface area (Å²) in [4.78, 5) is 16.3. The molecule has 1 fully saturated rings. The molecule has 5 nitrogen and oxygen atoms in total. The van der Waals surface area contributed by atoms with Crippen molar-refractivity contribution >= 4 is 29.3 Å². The van der Waals surface area contributed by atoms with Crippen LogP contribution in [0.5, 0.6) is 5.75 Å². The Bertz CT molecular complexity index is 1040. The lowest BCUT2D eigenvalue weighted by molar-refractivity contribution is -0.114. The third-order valence-corrected chi connectivity index (χ3v) is 6.17. The van der Waals surface area contributed by atoms with Crippen molar-refractivity contribution in [2.24, 2.45) is 0 Å². The monoisotopic (exact) mass is 471 g/mol. The van der Waals surface area contributed by atoms with Gasteiger partial charge in [0.25, 0.3) is 0 Å². The lowest BCUT2D eigenvalue weighted by Gasteiger charge is -2.45. The maximum atomic E-state index is 13.2. The van der Waals surface area contributed by atoms with Crippen molar-refractivity contribution in [3.8, 4) is 5.75 Å². The minimum Gasteiger partial charge on any atom is -0.495 e. The third kappa shape index (κ3) is 6.36. The second-order valence-electron chi connectivity index (χ2n) is 8.49. The highest BCUT2D eigenvalue weighted by Crippen LogP contribution is 2.32. The number of carbonyl (C=O) groups is 1. The number of hydrogen-bond donors (Lipinski definition) is 1. The van der Waals surface area contributed by atoms with E-state index in [2.05, 4.69) is 35.5 Å². The fourth-order valence-electron chi connectivity index (χ4n) is 4.09. The molecule has 1 heterocycles. The quantitative estimate of drug-likeness (QED) is 0.536. The number of amides is 1. The summed E-state index contributed by atoms with van der Waals surface area (Å²) < 4.78 is 18.5. The summed E-state index contributed by atoms with van der Waals surface area (Å²) in [6.45, 7) is 12.6. The molecule has 3 rings (SSSR count). The molecule has 33 heavy (non-hydrogen) atoms. The number of hydrogen-bond acceptors (Lipinski definition) is 4. The van der Waals surface area contributed by atoms with Crippen molar-refractivity contribution in [2.75, 3.05) is 25.5 Å². The van der Waals surface area contributed by atoms with E-state index in [4.69, 9.17) is 16.3 Å². The molecule has 2 atom stereocenters. The van der Waals surface area contributed by atoms with E-state index < -0.39 is 0 Å². The van der Waals surface area contributed by atoms with E-state index in [1.807, 2.05) is 24.3 Å². The highest BCUT2D eigenvalue weighted by molar-refractivity contribution is 6.32. The normalized spacial score (nSPS) is 19.0. The second-order valence-corrected chi connectivity index (χ2v) is 8.89. The Morgan fingerprint density at radius 2 is 1.94 bits per heavy atom. The zero-order valence-electron chi connectivity index (χ0n) is 19.6. The molecule has 1 aliphatic rings. The number of nitrogens with one attached hydrogen (secondary N) is 1. The summed E-state index contributed by atoms with van der Waals surface area (Å²) in [7, 11) is 1.56. The molecule has 0 aromatic heterocycles. The molecule has 2 aromatic rings. The van der Waals surface area contributed by atoms with Crippen LogP contribution in [0, 0.1) is 5.82 Å². The van der Waals surface area contributed by atoms with Crippen molar-refractivity contribution in [1.29, 1.82) is 0 Å². The SMILES string of the molecule is C=C(/C=C/c1cc(OC)c(Cl)cc1NC(C)=O)N1C[C@H](C)N(Cc2ccc(F)cc2)C[C@H]1C. The number of allylic oxidation sites excluding steroid dienone is 1. The van der Waals surface area contributed by atoms with E-state index in [9.17, 15) is 9.18 Å². The van der Waals surface area contributed by atoms with E-state index in [0.29, 0.717) is 22.5 Å². The van der Waals surface area contributed by atoms with Gasteiger partial charge in [0.05, 0.1) is 12.1 Å². The number of carbonyl (C=O) groups excluding carboxylic acids is 1. The van der Waals surface area contributed by atoms with Crippen LogP contribution in [0.3, 0.4) is 0 Å². The van der Waals surface area contributed by atoms with Crippen LogP contribution in [0.2, 0.25) is 5.02 Å². The van der Waals surface area contributed by atoms with Crippen LogP contribution in [-0.4, -0.2) is 48.0 Å². The van der Waals surface area contributed by atoms with Crippen LogP contribution in [-0.2, 0) is 11.3 Å². The Hall–Kier alpha value is -2.83. The number of rotatable bonds is 7.